The van der Waals surface area contributed by atoms with E-state index in [0.29, 0.717) is 24.4 Å². The van der Waals surface area contributed by atoms with Crippen LogP contribution in [0.25, 0.3) is 0 Å². The van der Waals surface area contributed by atoms with Crippen LogP contribution in [0.3, 0.4) is 0 Å². The van der Waals surface area contributed by atoms with Crippen LogP contribution >= 0.6 is 11.3 Å². The fraction of sp³-hybridized carbons (Fsp3) is 0.421. The summed E-state index contributed by atoms with van der Waals surface area (Å²) in [5.74, 6) is 0.770. The summed E-state index contributed by atoms with van der Waals surface area (Å²) in [4.78, 5) is 31.4. The molecule has 3 rings (SSSR count). The van der Waals surface area contributed by atoms with Gasteiger partial charge in [0.25, 0.3) is 5.91 Å². The Bertz CT molecular complexity index is 801. The summed E-state index contributed by atoms with van der Waals surface area (Å²) in [6.45, 7) is 4.92. The van der Waals surface area contributed by atoms with Gasteiger partial charge in [0.2, 0.25) is 5.91 Å². The summed E-state index contributed by atoms with van der Waals surface area (Å²) in [6, 6.07) is 7.71. The van der Waals surface area contributed by atoms with Crippen LogP contribution in [-0.4, -0.2) is 47.9 Å². The number of hydrogen-bond donors (Lipinski definition) is 1. The molecule has 1 aliphatic rings. The zero-order valence-corrected chi connectivity index (χ0v) is 16.1. The monoisotopic (exact) mass is 373 g/mol. The molecule has 138 valence electrons. The number of aryl methyl sites for hydroxylation is 2. The Hall–Kier alpha value is -2.41. The number of nitrogens with one attached hydrogen (secondary N) is 1. The molecule has 0 unspecified atom stereocenters. The normalized spacial score (nSPS) is 16.8. The lowest BCUT2D eigenvalue weighted by molar-refractivity contribution is -0.127. The molecule has 0 spiro atoms. The molecule has 1 aromatic carbocycles. The van der Waals surface area contributed by atoms with E-state index in [1.807, 2.05) is 43.0 Å². The van der Waals surface area contributed by atoms with Gasteiger partial charge < -0.3 is 15.0 Å². The average Bonchev–Trinajstić information content (AvgIpc) is 3.14. The van der Waals surface area contributed by atoms with Crippen LogP contribution in [0, 0.1) is 13.8 Å². The van der Waals surface area contributed by atoms with Crippen molar-refractivity contribution in [3.8, 4) is 5.75 Å². The van der Waals surface area contributed by atoms with Gasteiger partial charge in [0.05, 0.1) is 23.9 Å². The predicted octanol–water partition coefficient (Wildman–Crippen LogP) is 2.34. The third kappa shape index (κ3) is 4.22. The van der Waals surface area contributed by atoms with E-state index in [0.717, 1.165) is 28.4 Å². The van der Waals surface area contributed by atoms with Crippen LogP contribution in [0.5, 0.6) is 5.75 Å². The molecule has 2 heterocycles. The highest BCUT2D eigenvalue weighted by Gasteiger charge is 2.31. The first-order chi connectivity index (χ1) is 12.5. The molecule has 0 radical (unpaired) electrons. The minimum Gasteiger partial charge on any atom is -0.497 e. The minimum atomic E-state index is -0.146. The Labute approximate surface area is 157 Å². The third-order valence-corrected chi connectivity index (χ3v) is 5.56. The first-order valence-corrected chi connectivity index (χ1v) is 9.43. The van der Waals surface area contributed by atoms with Gasteiger partial charge in [0, 0.05) is 19.5 Å². The van der Waals surface area contributed by atoms with Crippen LogP contribution < -0.4 is 10.1 Å². The SMILES string of the molecule is COc1ccc(CCN2C[C@H](NC(=O)c3sc(C)nc3C)CC2=O)cc1. The summed E-state index contributed by atoms with van der Waals surface area (Å²) in [6.07, 6.45) is 1.13. The van der Waals surface area contributed by atoms with Gasteiger partial charge in [-0.3, -0.25) is 9.59 Å². The zero-order valence-electron chi connectivity index (χ0n) is 15.2. The molecule has 1 aromatic heterocycles. The van der Waals surface area contributed by atoms with Crippen LogP contribution in [0.4, 0.5) is 0 Å². The smallest absolute Gasteiger partial charge is 0.263 e. The van der Waals surface area contributed by atoms with Gasteiger partial charge in [0.1, 0.15) is 10.6 Å². The number of carbonyl (C=O) groups excluding carboxylic acids is 2. The largest absolute Gasteiger partial charge is 0.497 e. The van der Waals surface area contributed by atoms with Gasteiger partial charge in [-0.2, -0.15) is 0 Å². The van der Waals surface area contributed by atoms with Gasteiger partial charge in [-0.05, 0) is 38.0 Å². The van der Waals surface area contributed by atoms with Crippen molar-refractivity contribution in [2.75, 3.05) is 20.2 Å². The number of thiazole rings is 1. The van der Waals surface area contributed by atoms with Gasteiger partial charge in [-0.15, -0.1) is 11.3 Å². The van der Waals surface area contributed by atoms with Crippen LogP contribution in [0.15, 0.2) is 24.3 Å². The van der Waals surface area contributed by atoms with Gasteiger partial charge in [0.15, 0.2) is 0 Å². The maximum atomic E-state index is 12.4. The van der Waals surface area contributed by atoms with E-state index in [4.69, 9.17) is 4.74 Å². The lowest BCUT2D eigenvalue weighted by atomic mass is 10.1. The number of likely N-dealkylation sites (tertiary alicyclic amines) is 1. The Morgan fingerprint density at radius 1 is 1.35 bits per heavy atom. The van der Waals surface area contributed by atoms with Gasteiger partial charge in [-0.25, -0.2) is 4.98 Å². The van der Waals surface area contributed by atoms with E-state index >= 15 is 0 Å². The number of amides is 2. The number of benzene rings is 1. The molecule has 26 heavy (non-hydrogen) atoms. The number of ether oxygens (including phenoxy) is 1. The summed E-state index contributed by atoms with van der Waals surface area (Å²) >= 11 is 1.39. The molecule has 1 aliphatic heterocycles. The minimum absolute atomic E-state index is 0.0843. The van der Waals surface area contributed by atoms with Crippen LogP contribution in [-0.2, 0) is 11.2 Å². The van der Waals surface area contributed by atoms with E-state index in [9.17, 15) is 9.59 Å². The van der Waals surface area contributed by atoms with E-state index in [1.54, 1.807) is 7.11 Å². The van der Waals surface area contributed by atoms with Crippen molar-refractivity contribution < 1.29 is 14.3 Å². The standard InChI is InChI=1S/C19H23N3O3S/c1-12-18(26-13(2)20-12)19(24)21-15-10-17(23)22(11-15)9-8-14-4-6-16(25-3)7-5-14/h4-7,15H,8-11H2,1-3H3,(H,21,24)/t15-/m1/s1. The summed E-state index contributed by atoms with van der Waals surface area (Å²) < 4.78 is 5.15. The lowest BCUT2D eigenvalue weighted by Gasteiger charge is -2.17. The maximum Gasteiger partial charge on any atom is 0.263 e. The Balaban J connectivity index is 1.53. The third-order valence-electron chi connectivity index (χ3n) is 4.49. The van der Waals surface area contributed by atoms with Crippen LogP contribution in [0.2, 0.25) is 0 Å². The van der Waals surface area contributed by atoms with Crippen molar-refractivity contribution in [2.45, 2.75) is 32.7 Å². The topological polar surface area (TPSA) is 71.5 Å². The quantitative estimate of drug-likeness (QED) is 0.844. The molecule has 1 N–H and O–H groups in total. The molecule has 0 saturated carbocycles. The second kappa shape index (κ2) is 7.86. The first-order valence-electron chi connectivity index (χ1n) is 8.62. The molecule has 0 aliphatic carbocycles. The highest BCUT2D eigenvalue weighted by Crippen LogP contribution is 2.19. The van der Waals surface area contributed by atoms with Crippen molar-refractivity contribution in [3.05, 3.63) is 45.4 Å². The van der Waals surface area contributed by atoms with Crippen molar-refractivity contribution in [2.24, 2.45) is 0 Å². The molecule has 2 amide bonds. The molecular weight excluding hydrogens is 350 g/mol. The fourth-order valence-electron chi connectivity index (χ4n) is 3.13. The molecular formula is C19H23N3O3S. The Morgan fingerprint density at radius 2 is 2.08 bits per heavy atom. The molecule has 2 aromatic rings. The van der Waals surface area contributed by atoms with Crippen molar-refractivity contribution >= 4 is 23.2 Å². The molecule has 1 atom stereocenters. The number of hydrogen-bond acceptors (Lipinski definition) is 5. The Morgan fingerprint density at radius 3 is 2.69 bits per heavy atom. The highest BCUT2D eigenvalue weighted by molar-refractivity contribution is 7.13. The second-order valence-electron chi connectivity index (χ2n) is 6.46. The zero-order chi connectivity index (χ0) is 18.7. The van der Waals surface area contributed by atoms with Crippen LogP contribution in [0.1, 0.15) is 32.4 Å². The van der Waals surface area contributed by atoms with Gasteiger partial charge >= 0.3 is 0 Å². The van der Waals surface area contributed by atoms with Crippen molar-refractivity contribution in [3.63, 3.8) is 0 Å². The molecule has 0 bridgehead atoms. The molecule has 6 nitrogen and oxygen atoms in total. The number of rotatable bonds is 6. The fourth-order valence-corrected chi connectivity index (χ4v) is 3.96. The maximum absolute atomic E-state index is 12.4. The molecule has 1 saturated heterocycles. The van der Waals surface area contributed by atoms with E-state index in [1.165, 1.54) is 11.3 Å². The summed E-state index contributed by atoms with van der Waals surface area (Å²) in [5, 5.41) is 3.85. The number of aromatic nitrogens is 1. The summed E-state index contributed by atoms with van der Waals surface area (Å²) in [7, 11) is 1.64. The Kier molecular flexibility index (Phi) is 5.56. The van der Waals surface area contributed by atoms with E-state index in [2.05, 4.69) is 10.3 Å². The highest BCUT2D eigenvalue weighted by atomic mass is 32.1. The lowest BCUT2D eigenvalue weighted by Crippen LogP contribution is -2.37. The molecule has 1 fully saturated rings. The number of carbonyl (C=O) groups is 2. The van der Waals surface area contributed by atoms with E-state index in [-0.39, 0.29) is 17.9 Å². The van der Waals surface area contributed by atoms with Crippen molar-refractivity contribution in [1.82, 2.24) is 15.2 Å². The first kappa shape index (κ1) is 18.4. The molecule has 7 heteroatoms. The number of methoxy groups -OCH3 is 1. The van der Waals surface area contributed by atoms with E-state index < -0.39 is 0 Å². The predicted molar refractivity (Wildman–Crippen MR) is 101 cm³/mol. The summed E-state index contributed by atoms with van der Waals surface area (Å²) in [5.41, 5.74) is 1.90. The van der Waals surface area contributed by atoms with Crippen molar-refractivity contribution in [1.29, 1.82) is 0 Å². The van der Waals surface area contributed by atoms with Gasteiger partial charge in [-0.1, -0.05) is 12.1 Å². The second-order valence-corrected chi connectivity index (χ2v) is 7.66. The average molecular weight is 373 g/mol. The number of nitrogens with zero attached hydrogens (tertiary/aromatic N) is 2.